The average molecular weight is 342 g/mol. The Morgan fingerprint density at radius 2 is 1.96 bits per heavy atom. The highest BCUT2D eigenvalue weighted by atomic mass is 16.5. The first-order valence-corrected chi connectivity index (χ1v) is 8.37. The van der Waals surface area contributed by atoms with Crippen molar-refractivity contribution < 1.29 is 19.4 Å². The van der Waals surface area contributed by atoms with Crippen molar-refractivity contribution in [1.29, 1.82) is 0 Å². The van der Waals surface area contributed by atoms with E-state index in [1.54, 1.807) is 12.4 Å². The van der Waals surface area contributed by atoms with Crippen molar-refractivity contribution in [1.82, 2.24) is 10.3 Å². The molecule has 2 heterocycles. The molecular weight excluding hydrogens is 320 g/mol. The standard InChI is InChI=1S/C19H22N2O4/c22-12-15-1-3-16(4-2-15)25-18-13-24-10-7-17(18)21-19(23)11-14-5-8-20-9-6-14/h1-6,8-9,17-18,22H,7,10-13H2,(H,21,23)/t17-,18-/m1/s1. The Kier molecular flexibility index (Phi) is 5.98. The van der Waals surface area contributed by atoms with Crippen LogP contribution in [0.4, 0.5) is 0 Å². The predicted octanol–water partition coefficient (Wildman–Crippen LogP) is 1.47. The van der Waals surface area contributed by atoms with Crippen molar-refractivity contribution in [3.05, 3.63) is 59.9 Å². The lowest BCUT2D eigenvalue weighted by Gasteiger charge is -2.32. The molecule has 3 rings (SSSR count). The van der Waals surface area contributed by atoms with Gasteiger partial charge in [0.25, 0.3) is 0 Å². The summed E-state index contributed by atoms with van der Waals surface area (Å²) in [5, 5.41) is 12.2. The van der Waals surface area contributed by atoms with E-state index in [9.17, 15) is 4.79 Å². The number of aliphatic hydroxyl groups is 1. The number of carbonyl (C=O) groups excluding carboxylic acids is 1. The Labute approximate surface area is 146 Å². The normalized spacial score (nSPS) is 20.0. The number of aliphatic hydroxyl groups excluding tert-OH is 1. The van der Waals surface area contributed by atoms with Gasteiger partial charge in [0.15, 0.2) is 0 Å². The number of nitrogens with zero attached hydrogens (tertiary/aromatic N) is 1. The fourth-order valence-electron chi connectivity index (χ4n) is 2.79. The first kappa shape index (κ1) is 17.4. The molecule has 0 bridgehead atoms. The summed E-state index contributed by atoms with van der Waals surface area (Å²) in [4.78, 5) is 16.3. The first-order chi connectivity index (χ1) is 12.2. The highest BCUT2D eigenvalue weighted by Gasteiger charge is 2.29. The van der Waals surface area contributed by atoms with Crippen LogP contribution in [0.2, 0.25) is 0 Å². The van der Waals surface area contributed by atoms with E-state index in [0.29, 0.717) is 31.8 Å². The number of rotatable bonds is 6. The highest BCUT2D eigenvalue weighted by molar-refractivity contribution is 5.78. The monoisotopic (exact) mass is 342 g/mol. The van der Waals surface area contributed by atoms with E-state index in [1.165, 1.54) is 0 Å². The van der Waals surface area contributed by atoms with Crippen LogP contribution in [0.5, 0.6) is 5.75 Å². The van der Waals surface area contributed by atoms with E-state index in [2.05, 4.69) is 10.3 Å². The fourth-order valence-corrected chi connectivity index (χ4v) is 2.79. The van der Waals surface area contributed by atoms with Crippen LogP contribution in [0, 0.1) is 0 Å². The molecule has 0 saturated carbocycles. The smallest absolute Gasteiger partial charge is 0.224 e. The fraction of sp³-hybridized carbons (Fsp3) is 0.368. The van der Waals surface area contributed by atoms with Gasteiger partial charge in [0.2, 0.25) is 5.91 Å². The summed E-state index contributed by atoms with van der Waals surface area (Å²) in [7, 11) is 0. The summed E-state index contributed by atoms with van der Waals surface area (Å²) in [5.74, 6) is 0.656. The van der Waals surface area contributed by atoms with Gasteiger partial charge in [0.05, 0.1) is 25.7 Å². The van der Waals surface area contributed by atoms with Crippen LogP contribution in [0.3, 0.4) is 0 Å². The van der Waals surface area contributed by atoms with E-state index in [4.69, 9.17) is 14.6 Å². The van der Waals surface area contributed by atoms with E-state index in [0.717, 1.165) is 11.1 Å². The highest BCUT2D eigenvalue weighted by Crippen LogP contribution is 2.19. The molecule has 2 N–H and O–H groups in total. The molecule has 1 fully saturated rings. The molecule has 6 nitrogen and oxygen atoms in total. The molecule has 0 radical (unpaired) electrons. The van der Waals surface area contributed by atoms with E-state index >= 15 is 0 Å². The molecule has 0 spiro atoms. The van der Waals surface area contributed by atoms with Gasteiger partial charge in [0.1, 0.15) is 11.9 Å². The molecule has 1 aliphatic rings. The third-order valence-corrected chi connectivity index (χ3v) is 4.16. The number of ether oxygens (including phenoxy) is 2. The third kappa shape index (κ3) is 5.01. The van der Waals surface area contributed by atoms with Crippen molar-refractivity contribution >= 4 is 5.91 Å². The van der Waals surface area contributed by atoms with Crippen molar-refractivity contribution in [2.24, 2.45) is 0 Å². The minimum Gasteiger partial charge on any atom is -0.486 e. The molecule has 0 aliphatic carbocycles. The number of nitrogens with one attached hydrogen (secondary N) is 1. The molecule has 1 aromatic heterocycles. The molecule has 1 amide bonds. The lowest BCUT2D eigenvalue weighted by atomic mass is 10.0. The number of aromatic nitrogens is 1. The van der Waals surface area contributed by atoms with E-state index in [-0.39, 0.29) is 24.7 Å². The number of amides is 1. The van der Waals surface area contributed by atoms with Crippen LogP contribution < -0.4 is 10.1 Å². The number of carbonyl (C=O) groups is 1. The van der Waals surface area contributed by atoms with Crippen LogP contribution in [0.25, 0.3) is 0 Å². The lowest BCUT2D eigenvalue weighted by Crippen LogP contribution is -2.51. The molecule has 1 saturated heterocycles. The Hall–Kier alpha value is -2.44. The Morgan fingerprint density at radius 3 is 2.68 bits per heavy atom. The molecule has 2 aromatic rings. The molecular formula is C19H22N2O4. The number of hydrogen-bond donors (Lipinski definition) is 2. The summed E-state index contributed by atoms with van der Waals surface area (Å²) in [5.41, 5.74) is 1.76. The summed E-state index contributed by atoms with van der Waals surface area (Å²) in [6.45, 7) is 1.03. The van der Waals surface area contributed by atoms with Gasteiger partial charge in [-0.3, -0.25) is 9.78 Å². The predicted molar refractivity (Wildman–Crippen MR) is 92.1 cm³/mol. The zero-order valence-corrected chi connectivity index (χ0v) is 13.9. The molecule has 0 unspecified atom stereocenters. The maximum atomic E-state index is 12.3. The summed E-state index contributed by atoms with van der Waals surface area (Å²) < 4.78 is 11.5. The maximum absolute atomic E-state index is 12.3. The summed E-state index contributed by atoms with van der Waals surface area (Å²) in [6.07, 6.45) is 4.15. The van der Waals surface area contributed by atoms with E-state index < -0.39 is 0 Å². The zero-order valence-electron chi connectivity index (χ0n) is 13.9. The molecule has 1 aliphatic heterocycles. The second kappa shape index (κ2) is 8.60. The second-order valence-electron chi connectivity index (χ2n) is 6.03. The van der Waals surface area contributed by atoms with Gasteiger partial charge in [-0.25, -0.2) is 0 Å². The average Bonchev–Trinajstić information content (AvgIpc) is 2.65. The summed E-state index contributed by atoms with van der Waals surface area (Å²) in [6, 6.07) is 10.8. The molecule has 1 aromatic carbocycles. The minimum absolute atomic E-state index is 0.000504. The van der Waals surface area contributed by atoms with Crippen LogP contribution >= 0.6 is 0 Å². The largest absolute Gasteiger partial charge is 0.486 e. The second-order valence-corrected chi connectivity index (χ2v) is 6.03. The molecule has 132 valence electrons. The third-order valence-electron chi connectivity index (χ3n) is 4.16. The molecule has 2 atom stereocenters. The van der Waals surface area contributed by atoms with E-state index in [1.807, 2.05) is 36.4 Å². The first-order valence-electron chi connectivity index (χ1n) is 8.37. The van der Waals surface area contributed by atoms with Crippen LogP contribution in [0.1, 0.15) is 17.5 Å². The van der Waals surface area contributed by atoms with Gasteiger partial charge in [0, 0.05) is 19.0 Å². The van der Waals surface area contributed by atoms with Crippen molar-refractivity contribution in [2.45, 2.75) is 31.6 Å². The van der Waals surface area contributed by atoms with Crippen molar-refractivity contribution in [2.75, 3.05) is 13.2 Å². The van der Waals surface area contributed by atoms with Crippen LogP contribution in [0.15, 0.2) is 48.8 Å². The summed E-state index contributed by atoms with van der Waals surface area (Å²) >= 11 is 0. The van der Waals surface area contributed by atoms with Crippen molar-refractivity contribution in [3.8, 4) is 5.75 Å². The van der Waals surface area contributed by atoms with Gasteiger partial charge in [-0.15, -0.1) is 0 Å². The Bertz CT molecular complexity index is 676. The Balaban J connectivity index is 1.59. The SMILES string of the molecule is O=C(Cc1ccncc1)N[C@@H]1CCOC[C@H]1Oc1ccc(CO)cc1. The quantitative estimate of drug-likeness (QED) is 0.831. The molecule has 6 heteroatoms. The minimum atomic E-state index is -0.241. The lowest BCUT2D eigenvalue weighted by molar-refractivity contribution is -0.123. The van der Waals surface area contributed by atoms with Gasteiger partial charge in [-0.1, -0.05) is 12.1 Å². The van der Waals surface area contributed by atoms with Gasteiger partial charge < -0.3 is 19.9 Å². The number of pyridine rings is 1. The van der Waals surface area contributed by atoms with Gasteiger partial charge in [-0.2, -0.15) is 0 Å². The number of hydrogen-bond acceptors (Lipinski definition) is 5. The topological polar surface area (TPSA) is 80.7 Å². The Morgan fingerprint density at radius 1 is 1.20 bits per heavy atom. The van der Waals surface area contributed by atoms with Crippen LogP contribution in [-0.2, 0) is 22.6 Å². The molecule has 25 heavy (non-hydrogen) atoms. The van der Waals surface area contributed by atoms with Gasteiger partial charge in [-0.05, 0) is 41.8 Å². The number of benzene rings is 1. The zero-order chi connectivity index (χ0) is 17.5. The van der Waals surface area contributed by atoms with Crippen molar-refractivity contribution in [3.63, 3.8) is 0 Å². The van der Waals surface area contributed by atoms with Gasteiger partial charge >= 0.3 is 0 Å². The maximum Gasteiger partial charge on any atom is 0.224 e. The van der Waals surface area contributed by atoms with Crippen LogP contribution in [-0.4, -0.2) is 41.4 Å².